The van der Waals surface area contributed by atoms with Gasteiger partial charge in [-0.3, -0.25) is 14.5 Å². The molecule has 3 rings (SSSR count). The van der Waals surface area contributed by atoms with E-state index in [4.69, 9.17) is 4.74 Å². The lowest BCUT2D eigenvalue weighted by Gasteiger charge is -2.10. The number of hydrogen-bond acceptors (Lipinski definition) is 7. The van der Waals surface area contributed by atoms with Gasteiger partial charge in [-0.15, -0.1) is 10.2 Å². The van der Waals surface area contributed by atoms with Gasteiger partial charge in [-0.2, -0.15) is 0 Å². The van der Waals surface area contributed by atoms with Crippen molar-refractivity contribution in [1.82, 2.24) is 24.7 Å². The second-order valence-electron chi connectivity index (χ2n) is 5.21. The molecule has 0 amide bonds. The molecule has 0 aliphatic heterocycles. The molecule has 0 bridgehead atoms. The van der Waals surface area contributed by atoms with Crippen LogP contribution in [-0.2, 0) is 22.1 Å². The molecule has 0 radical (unpaired) electrons. The highest BCUT2D eigenvalue weighted by Crippen LogP contribution is 2.24. The summed E-state index contributed by atoms with van der Waals surface area (Å²) in [5.74, 6) is 0.607. The third-order valence-electron chi connectivity index (χ3n) is 3.63. The Labute approximate surface area is 145 Å². The molecule has 8 nitrogen and oxygen atoms in total. The molecule has 0 aliphatic rings. The summed E-state index contributed by atoms with van der Waals surface area (Å²) in [6.07, 6.45) is 4.64. The summed E-state index contributed by atoms with van der Waals surface area (Å²) in [5, 5.41) is 7.85. The molecule has 0 spiro atoms. The van der Waals surface area contributed by atoms with Gasteiger partial charge in [0, 0.05) is 30.7 Å². The van der Waals surface area contributed by atoms with Crippen LogP contribution in [-0.4, -0.2) is 40.3 Å². The Kier molecular flexibility index (Phi) is 4.75. The molecule has 0 saturated heterocycles. The van der Waals surface area contributed by atoms with E-state index in [1.807, 2.05) is 13.0 Å². The van der Waals surface area contributed by atoms with Crippen LogP contribution in [0.2, 0.25) is 0 Å². The first kappa shape index (κ1) is 17.0. The van der Waals surface area contributed by atoms with Crippen molar-refractivity contribution < 1.29 is 13.2 Å². The average Bonchev–Trinajstić information content (AvgIpc) is 3.07. The van der Waals surface area contributed by atoms with E-state index in [0.717, 1.165) is 0 Å². The number of nitrogens with zero attached hydrogens (tertiary/aromatic N) is 5. The van der Waals surface area contributed by atoms with Crippen molar-refractivity contribution >= 4 is 9.84 Å². The summed E-state index contributed by atoms with van der Waals surface area (Å²) >= 11 is 0. The third-order valence-corrected chi connectivity index (χ3v) is 5.18. The predicted octanol–water partition coefficient (Wildman–Crippen LogP) is 1.74. The van der Waals surface area contributed by atoms with Crippen molar-refractivity contribution in [3.63, 3.8) is 0 Å². The molecule has 0 N–H and O–H groups in total. The molecule has 3 aromatic rings. The van der Waals surface area contributed by atoms with E-state index in [2.05, 4.69) is 20.2 Å². The van der Waals surface area contributed by atoms with Crippen LogP contribution in [0, 0.1) is 0 Å². The van der Waals surface area contributed by atoms with E-state index in [0.29, 0.717) is 29.4 Å². The van der Waals surface area contributed by atoms with E-state index in [1.165, 1.54) is 13.3 Å². The van der Waals surface area contributed by atoms with E-state index in [9.17, 15) is 8.42 Å². The number of ether oxygens (including phenoxy) is 1. The normalized spacial score (nSPS) is 11.4. The molecule has 9 heteroatoms. The maximum Gasteiger partial charge on any atom is 0.250 e. The Morgan fingerprint density at radius 2 is 2.00 bits per heavy atom. The van der Waals surface area contributed by atoms with Crippen molar-refractivity contribution in [3.05, 3.63) is 48.4 Å². The second kappa shape index (κ2) is 6.98. The van der Waals surface area contributed by atoms with Crippen LogP contribution in [0.4, 0.5) is 0 Å². The molecular weight excluding hydrogens is 342 g/mol. The summed E-state index contributed by atoms with van der Waals surface area (Å²) in [6.45, 7) is 2.23. The molecule has 0 aliphatic carbocycles. The molecule has 0 unspecified atom stereocenters. The fraction of sp³-hybridized carbons (Fsp3) is 0.250. The van der Waals surface area contributed by atoms with Gasteiger partial charge in [-0.25, -0.2) is 8.42 Å². The van der Waals surface area contributed by atoms with Gasteiger partial charge in [-0.1, -0.05) is 6.07 Å². The summed E-state index contributed by atoms with van der Waals surface area (Å²) in [6, 6.07) is 6.97. The molecule has 0 atom stereocenters. The van der Waals surface area contributed by atoms with Crippen LogP contribution in [0.5, 0.6) is 5.75 Å². The number of aromatic nitrogens is 5. The smallest absolute Gasteiger partial charge is 0.250 e. The lowest BCUT2D eigenvalue weighted by Crippen LogP contribution is -2.14. The maximum absolute atomic E-state index is 12.9. The van der Waals surface area contributed by atoms with E-state index in [1.54, 1.807) is 35.2 Å². The zero-order valence-electron chi connectivity index (χ0n) is 13.8. The minimum absolute atomic E-state index is 0.0958. The minimum Gasteiger partial charge on any atom is -0.496 e. The van der Waals surface area contributed by atoms with Crippen molar-refractivity contribution in [1.29, 1.82) is 0 Å². The summed E-state index contributed by atoms with van der Waals surface area (Å²) in [7, 11) is -2.25. The highest BCUT2D eigenvalue weighted by molar-refractivity contribution is 7.90. The van der Waals surface area contributed by atoms with Crippen LogP contribution in [0.3, 0.4) is 0 Å². The SMILES string of the molecule is CCn1c(-c2ccccn2)nnc1S(=O)(=O)Cc1cnccc1OC. The largest absolute Gasteiger partial charge is 0.496 e. The summed E-state index contributed by atoms with van der Waals surface area (Å²) in [5.41, 5.74) is 1.03. The van der Waals surface area contributed by atoms with Gasteiger partial charge >= 0.3 is 0 Å². The third kappa shape index (κ3) is 3.36. The molecule has 0 saturated carbocycles. The monoisotopic (exact) mass is 359 g/mol. The van der Waals surface area contributed by atoms with Gasteiger partial charge in [-0.05, 0) is 25.1 Å². The van der Waals surface area contributed by atoms with E-state index < -0.39 is 9.84 Å². The molecular formula is C16H17N5O3S. The van der Waals surface area contributed by atoms with Crippen molar-refractivity contribution in [3.8, 4) is 17.3 Å². The molecule has 3 heterocycles. The molecule has 0 aromatic carbocycles. The molecule has 0 fully saturated rings. The first-order chi connectivity index (χ1) is 12.1. The first-order valence-corrected chi connectivity index (χ1v) is 9.26. The maximum atomic E-state index is 12.9. The number of pyridine rings is 2. The first-order valence-electron chi connectivity index (χ1n) is 7.61. The lowest BCUT2D eigenvalue weighted by molar-refractivity contribution is 0.410. The Hall–Kier alpha value is -2.81. The highest BCUT2D eigenvalue weighted by Gasteiger charge is 2.26. The molecule has 3 aromatic heterocycles. The predicted molar refractivity (Wildman–Crippen MR) is 90.6 cm³/mol. The lowest BCUT2D eigenvalue weighted by atomic mass is 10.3. The van der Waals surface area contributed by atoms with Crippen LogP contribution in [0.1, 0.15) is 12.5 Å². The van der Waals surface area contributed by atoms with Crippen LogP contribution < -0.4 is 4.74 Å². The summed E-state index contributed by atoms with van der Waals surface area (Å²) < 4.78 is 32.5. The van der Waals surface area contributed by atoms with Gasteiger partial charge in [0.05, 0.1) is 12.9 Å². The Bertz CT molecular complexity index is 970. The average molecular weight is 359 g/mol. The van der Waals surface area contributed by atoms with Crippen LogP contribution >= 0.6 is 0 Å². The second-order valence-corrected chi connectivity index (χ2v) is 7.10. The summed E-state index contributed by atoms with van der Waals surface area (Å²) in [4.78, 5) is 8.19. The van der Waals surface area contributed by atoms with Gasteiger partial charge in [0.15, 0.2) is 5.82 Å². The van der Waals surface area contributed by atoms with E-state index >= 15 is 0 Å². The number of methoxy groups -OCH3 is 1. The van der Waals surface area contributed by atoms with Gasteiger partial charge in [0.1, 0.15) is 11.4 Å². The number of sulfone groups is 1. The number of rotatable bonds is 6. The Morgan fingerprint density at radius 1 is 1.16 bits per heavy atom. The van der Waals surface area contributed by atoms with Crippen LogP contribution in [0.25, 0.3) is 11.5 Å². The Balaban J connectivity index is 2.02. The van der Waals surface area contributed by atoms with Crippen LogP contribution in [0.15, 0.2) is 48.0 Å². The van der Waals surface area contributed by atoms with Gasteiger partial charge < -0.3 is 4.74 Å². The molecule has 130 valence electrons. The van der Waals surface area contributed by atoms with Crippen molar-refractivity contribution in [2.45, 2.75) is 24.4 Å². The fourth-order valence-electron chi connectivity index (χ4n) is 2.48. The quantitative estimate of drug-likeness (QED) is 0.661. The van der Waals surface area contributed by atoms with Crippen molar-refractivity contribution in [2.75, 3.05) is 7.11 Å². The number of hydrogen-bond donors (Lipinski definition) is 0. The van der Waals surface area contributed by atoms with E-state index in [-0.39, 0.29) is 10.9 Å². The zero-order valence-corrected chi connectivity index (χ0v) is 14.6. The Morgan fingerprint density at radius 3 is 2.68 bits per heavy atom. The topological polar surface area (TPSA) is 99.9 Å². The zero-order chi connectivity index (χ0) is 17.9. The van der Waals surface area contributed by atoms with Crippen molar-refractivity contribution in [2.24, 2.45) is 0 Å². The standard InChI is InChI=1S/C16H17N5O3S/c1-3-21-15(13-6-4-5-8-18-13)19-20-16(21)25(22,23)11-12-10-17-9-7-14(12)24-2/h4-10H,3,11H2,1-2H3. The minimum atomic E-state index is -3.73. The van der Waals surface area contributed by atoms with Gasteiger partial charge in [0.25, 0.3) is 0 Å². The molecule has 25 heavy (non-hydrogen) atoms. The van der Waals surface area contributed by atoms with Gasteiger partial charge in [0.2, 0.25) is 15.0 Å². The fourth-order valence-corrected chi connectivity index (χ4v) is 3.95. The highest BCUT2D eigenvalue weighted by atomic mass is 32.2.